The highest BCUT2D eigenvalue weighted by atomic mass is 16.2. The Morgan fingerprint density at radius 2 is 1.02 bits per heavy atom. The summed E-state index contributed by atoms with van der Waals surface area (Å²) in [6.07, 6.45) is 0. The van der Waals surface area contributed by atoms with Crippen LogP contribution in [0.3, 0.4) is 0 Å². The van der Waals surface area contributed by atoms with Crippen molar-refractivity contribution in [1.82, 2.24) is 15.1 Å². The zero-order chi connectivity index (χ0) is 31.9. The van der Waals surface area contributed by atoms with Crippen LogP contribution in [0, 0.1) is 5.92 Å². The number of nitrogens with zero attached hydrogens (tertiary/aromatic N) is 2. The van der Waals surface area contributed by atoms with Gasteiger partial charge in [-0.1, -0.05) is 166 Å². The predicted octanol–water partition coefficient (Wildman–Crippen LogP) is 7.03. The molecule has 0 saturated carbocycles. The highest BCUT2D eigenvalue weighted by Crippen LogP contribution is 2.48. The van der Waals surface area contributed by atoms with Crippen LogP contribution in [0.2, 0.25) is 0 Å². The molecule has 0 aliphatic carbocycles. The molecule has 1 aliphatic rings. The van der Waals surface area contributed by atoms with Crippen molar-refractivity contribution in [2.75, 3.05) is 6.54 Å². The van der Waals surface area contributed by atoms with Crippen molar-refractivity contribution in [3.05, 3.63) is 179 Å². The number of amides is 2. The first kappa shape index (κ1) is 31.0. The Morgan fingerprint density at radius 1 is 0.652 bits per heavy atom. The Balaban J connectivity index is 1.30. The number of carbonyl (C=O) groups is 2. The van der Waals surface area contributed by atoms with Crippen LogP contribution in [-0.2, 0) is 28.2 Å². The van der Waals surface area contributed by atoms with Gasteiger partial charge in [0.15, 0.2) is 0 Å². The predicted molar refractivity (Wildman–Crippen MR) is 184 cm³/mol. The zero-order valence-corrected chi connectivity index (χ0v) is 26.5. The monoisotopic (exact) mass is 607 g/mol. The summed E-state index contributed by atoms with van der Waals surface area (Å²) in [6.45, 7) is 5.49. The Kier molecular flexibility index (Phi) is 9.41. The maximum absolute atomic E-state index is 14.3. The molecule has 0 radical (unpaired) electrons. The zero-order valence-electron chi connectivity index (χ0n) is 26.5. The molecule has 5 aromatic rings. The summed E-state index contributed by atoms with van der Waals surface area (Å²) in [5, 5.41) is 3.21. The third-order valence-electron chi connectivity index (χ3n) is 8.90. The molecule has 1 N–H and O–H groups in total. The van der Waals surface area contributed by atoms with Crippen LogP contribution in [0.1, 0.15) is 41.7 Å². The molecule has 0 spiro atoms. The fraction of sp³-hybridized carbons (Fsp3) is 0.220. The van der Waals surface area contributed by atoms with Crippen LogP contribution < -0.4 is 5.32 Å². The Labute approximate surface area is 272 Å². The molecule has 0 aromatic heterocycles. The molecule has 1 heterocycles. The van der Waals surface area contributed by atoms with Crippen molar-refractivity contribution in [1.29, 1.82) is 0 Å². The van der Waals surface area contributed by atoms with E-state index in [0.29, 0.717) is 19.6 Å². The standard InChI is InChI=1S/C41H41N3O2/c1-31(2)38(40(46)43(28-32-18-8-3-9-19-32)29-33-20-10-4-11-21-33)42-39(45)37-30-44(37)41(34-22-12-5-13-23-34,35-24-14-6-15-25-35)36-26-16-7-17-27-36/h3-27,31,37-38H,28-30H2,1-2H3,(H,42,45)/t37-,38-,44?/m0/s1. The lowest BCUT2D eigenvalue weighted by Crippen LogP contribution is -2.52. The van der Waals surface area contributed by atoms with Crippen LogP contribution >= 0.6 is 0 Å². The second-order valence-electron chi connectivity index (χ2n) is 12.4. The van der Waals surface area contributed by atoms with E-state index in [1.54, 1.807) is 0 Å². The van der Waals surface area contributed by atoms with Crippen LogP contribution in [0.15, 0.2) is 152 Å². The maximum atomic E-state index is 14.3. The SMILES string of the molecule is CC(C)[C@H](NC(=O)[C@@H]1CN1C(c1ccccc1)(c1ccccc1)c1ccccc1)C(=O)N(Cc1ccccc1)Cc1ccccc1. The first-order valence-corrected chi connectivity index (χ1v) is 16.1. The second-order valence-corrected chi connectivity index (χ2v) is 12.4. The summed E-state index contributed by atoms with van der Waals surface area (Å²) in [7, 11) is 0. The number of carbonyl (C=O) groups excluding carboxylic acids is 2. The van der Waals surface area contributed by atoms with E-state index in [0.717, 1.165) is 27.8 Å². The third-order valence-corrected chi connectivity index (χ3v) is 8.90. The van der Waals surface area contributed by atoms with Crippen LogP contribution in [-0.4, -0.2) is 40.2 Å². The van der Waals surface area contributed by atoms with Gasteiger partial charge in [-0.2, -0.15) is 0 Å². The van der Waals surface area contributed by atoms with Gasteiger partial charge in [-0.15, -0.1) is 0 Å². The van der Waals surface area contributed by atoms with E-state index >= 15 is 0 Å². The molecule has 5 heteroatoms. The molecule has 3 atom stereocenters. The molecule has 1 fully saturated rings. The Hall–Kier alpha value is -5.00. The largest absolute Gasteiger partial charge is 0.343 e. The highest BCUT2D eigenvalue weighted by molar-refractivity contribution is 5.91. The average molecular weight is 608 g/mol. The summed E-state index contributed by atoms with van der Waals surface area (Å²) in [6, 6.07) is 50.2. The molecule has 232 valence electrons. The third kappa shape index (κ3) is 6.51. The normalized spacial score (nSPS) is 16.4. The van der Waals surface area contributed by atoms with Gasteiger partial charge in [-0.25, -0.2) is 0 Å². The molecule has 5 aromatic carbocycles. The molecular weight excluding hydrogens is 566 g/mol. The van der Waals surface area contributed by atoms with Gasteiger partial charge in [0, 0.05) is 19.6 Å². The van der Waals surface area contributed by atoms with E-state index in [1.807, 2.05) is 97.6 Å². The highest BCUT2D eigenvalue weighted by Gasteiger charge is 2.56. The fourth-order valence-corrected chi connectivity index (χ4v) is 6.55. The molecular formula is C41H41N3O2. The van der Waals surface area contributed by atoms with E-state index in [2.05, 4.69) is 83.0 Å². The summed E-state index contributed by atoms with van der Waals surface area (Å²) in [5.74, 6) is -0.304. The number of hydrogen-bond acceptors (Lipinski definition) is 3. The number of hydrogen-bond donors (Lipinski definition) is 1. The molecule has 2 amide bonds. The summed E-state index contributed by atoms with van der Waals surface area (Å²) in [5.41, 5.74) is 4.71. The van der Waals surface area contributed by atoms with Crippen LogP contribution in [0.25, 0.3) is 0 Å². The minimum absolute atomic E-state index is 0.0799. The number of nitrogens with one attached hydrogen (secondary N) is 1. The van der Waals surface area contributed by atoms with Crippen molar-refractivity contribution in [2.45, 2.75) is 44.6 Å². The number of rotatable bonds is 12. The Bertz CT molecular complexity index is 1570. The molecule has 5 nitrogen and oxygen atoms in total. The summed E-state index contributed by atoms with van der Waals surface area (Å²) < 4.78 is 0. The topological polar surface area (TPSA) is 52.4 Å². The average Bonchev–Trinajstić information content (AvgIpc) is 3.91. The molecule has 1 aliphatic heterocycles. The van der Waals surface area contributed by atoms with Crippen LogP contribution in [0.5, 0.6) is 0 Å². The summed E-state index contributed by atoms with van der Waals surface area (Å²) >= 11 is 0. The smallest absolute Gasteiger partial charge is 0.246 e. The molecule has 1 unspecified atom stereocenters. The maximum Gasteiger partial charge on any atom is 0.246 e. The molecule has 46 heavy (non-hydrogen) atoms. The van der Waals surface area contributed by atoms with Crippen molar-refractivity contribution in [2.24, 2.45) is 5.92 Å². The van der Waals surface area contributed by atoms with Gasteiger partial charge in [0.1, 0.15) is 12.1 Å². The van der Waals surface area contributed by atoms with Gasteiger partial charge in [0.2, 0.25) is 11.8 Å². The fourth-order valence-electron chi connectivity index (χ4n) is 6.55. The van der Waals surface area contributed by atoms with Crippen molar-refractivity contribution in [3.63, 3.8) is 0 Å². The molecule has 1 saturated heterocycles. The van der Waals surface area contributed by atoms with E-state index in [1.165, 1.54) is 0 Å². The minimum atomic E-state index is -0.671. The van der Waals surface area contributed by atoms with Crippen LogP contribution in [0.4, 0.5) is 0 Å². The van der Waals surface area contributed by atoms with Gasteiger partial charge in [0.05, 0.1) is 5.54 Å². The van der Waals surface area contributed by atoms with Gasteiger partial charge in [-0.3, -0.25) is 14.5 Å². The van der Waals surface area contributed by atoms with E-state index < -0.39 is 17.6 Å². The van der Waals surface area contributed by atoms with Gasteiger partial charge in [-0.05, 0) is 33.7 Å². The van der Waals surface area contributed by atoms with E-state index in [4.69, 9.17) is 0 Å². The van der Waals surface area contributed by atoms with Gasteiger partial charge in [0.25, 0.3) is 0 Å². The first-order valence-electron chi connectivity index (χ1n) is 16.1. The first-order chi connectivity index (χ1) is 22.5. The lowest BCUT2D eigenvalue weighted by atomic mass is 9.76. The van der Waals surface area contributed by atoms with Gasteiger partial charge >= 0.3 is 0 Å². The van der Waals surface area contributed by atoms with Crippen molar-refractivity contribution in [3.8, 4) is 0 Å². The minimum Gasteiger partial charge on any atom is -0.343 e. The Morgan fingerprint density at radius 3 is 1.39 bits per heavy atom. The van der Waals surface area contributed by atoms with E-state index in [-0.39, 0.29) is 17.7 Å². The number of benzene rings is 5. The van der Waals surface area contributed by atoms with Crippen molar-refractivity contribution < 1.29 is 9.59 Å². The van der Waals surface area contributed by atoms with Crippen molar-refractivity contribution >= 4 is 11.8 Å². The lowest BCUT2D eigenvalue weighted by molar-refractivity contribution is -0.139. The quantitative estimate of drug-likeness (QED) is 0.122. The lowest BCUT2D eigenvalue weighted by Gasteiger charge is -2.38. The molecule has 0 bridgehead atoms. The molecule has 6 rings (SSSR count). The van der Waals surface area contributed by atoms with Gasteiger partial charge < -0.3 is 10.2 Å². The summed E-state index contributed by atoms with van der Waals surface area (Å²) in [4.78, 5) is 32.6. The second kappa shape index (κ2) is 14.0. The van der Waals surface area contributed by atoms with E-state index in [9.17, 15) is 9.59 Å².